The first kappa shape index (κ1) is 8.16. The number of fused-ring (bicyclic) bond motifs is 1. The van der Waals surface area contributed by atoms with Crippen LogP contribution in [0.25, 0.3) is 0 Å². The molecule has 13 heavy (non-hydrogen) atoms. The fourth-order valence-electron chi connectivity index (χ4n) is 1.50. The SMILES string of the molecule is CCC(=O)N1Cc2cncnc2C1. The fraction of sp³-hybridized carbons (Fsp3) is 0.444. The van der Waals surface area contributed by atoms with E-state index in [2.05, 4.69) is 9.97 Å². The predicted molar refractivity (Wildman–Crippen MR) is 46.6 cm³/mol. The van der Waals surface area contributed by atoms with Crippen LogP contribution in [0.1, 0.15) is 24.6 Å². The molecule has 4 heteroatoms. The molecule has 4 nitrogen and oxygen atoms in total. The Morgan fingerprint density at radius 1 is 1.62 bits per heavy atom. The second-order valence-electron chi connectivity index (χ2n) is 3.10. The van der Waals surface area contributed by atoms with Gasteiger partial charge in [-0.25, -0.2) is 9.97 Å². The van der Waals surface area contributed by atoms with Crippen LogP contribution in [0.2, 0.25) is 0 Å². The summed E-state index contributed by atoms with van der Waals surface area (Å²) in [5, 5.41) is 0. The summed E-state index contributed by atoms with van der Waals surface area (Å²) < 4.78 is 0. The Kier molecular flexibility index (Phi) is 1.96. The van der Waals surface area contributed by atoms with Gasteiger partial charge in [0.1, 0.15) is 6.33 Å². The highest BCUT2D eigenvalue weighted by atomic mass is 16.2. The fourth-order valence-corrected chi connectivity index (χ4v) is 1.50. The molecule has 1 aromatic rings. The Balaban J connectivity index is 2.18. The van der Waals surface area contributed by atoms with Crippen molar-refractivity contribution in [3.8, 4) is 0 Å². The molecule has 2 rings (SSSR count). The first-order valence-corrected chi connectivity index (χ1v) is 4.36. The van der Waals surface area contributed by atoms with Crippen molar-refractivity contribution in [2.45, 2.75) is 26.4 Å². The number of aromatic nitrogens is 2. The van der Waals surface area contributed by atoms with Gasteiger partial charge in [0, 0.05) is 24.7 Å². The highest BCUT2D eigenvalue weighted by molar-refractivity contribution is 5.76. The van der Waals surface area contributed by atoms with Gasteiger partial charge in [-0.15, -0.1) is 0 Å². The highest BCUT2D eigenvalue weighted by Gasteiger charge is 2.22. The normalized spacial score (nSPS) is 14.4. The summed E-state index contributed by atoms with van der Waals surface area (Å²) in [5.41, 5.74) is 2.06. The van der Waals surface area contributed by atoms with Crippen molar-refractivity contribution in [3.05, 3.63) is 23.8 Å². The number of amides is 1. The van der Waals surface area contributed by atoms with Crippen LogP contribution in [-0.4, -0.2) is 20.8 Å². The topological polar surface area (TPSA) is 46.1 Å². The smallest absolute Gasteiger partial charge is 0.222 e. The molecule has 0 bridgehead atoms. The van der Waals surface area contributed by atoms with Gasteiger partial charge in [0.15, 0.2) is 0 Å². The monoisotopic (exact) mass is 177 g/mol. The van der Waals surface area contributed by atoms with Gasteiger partial charge >= 0.3 is 0 Å². The van der Waals surface area contributed by atoms with Crippen molar-refractivity contribution in [1.82, 2.24) is 14.9 Å². The van der Waals surface area contributed by atoms with Crippen LogP contribution in [0, 0.1) is 0 Å². The lowest BCUT2D eigenvalue weighted by atomic mass is 10.3. The Morgan fingerprint density at radius 2 is 2.46 bits per heavy atom. The molecule has 1 aliphatic rings. The van der Waals surface area contributed by atoms with Crippen molar-refractivity contribution in [2.75, 3.05) is 0 Å². The number of carbonyl (C=O) groups is 1. The zero-order valence-electron chi connectivity index (χ0n) is 7.53. The molecule has 0 spiro atoms. The molecule has 0 aliphatic carbocycles. The molecule has 1 aliphatic heterocycles. The Bertz CT molecular complexity index is 312. The van der Waals surface area contributed by atoms with E-state index in [1.54, 1.807) is 11.1 Å². The summed E-state index contributed by atoms with van der Waals surface area (Å²) in [7, 11) is 0. The molecule has 2 heterocycles. The molecule has 0 radical (unpaired) electrons. The third-order valence-corrected chi connectivity index (χ3v) is 2.24. The lowest BCUT2D eigenvalue weighted by Crippen LogP contribution is -2.24. The molecular weight excluding hydrogens is 166 g/mol. The van der Waals surface area contributed by atoms with Crippen molar-refractivity contribution < 1.29 is 4.79 Å². The molecule has 1 amide bonds. The highest BCUT2D eigenvalue weighted by Crippen LogP contribution is 2.19. The maximum absolute atomic E-state index is 11.4. The summed E-state index contributed by atoms with van der Waals surface area (Å²) in [5.74, 6) is 0.179. The van der Waals surface area contributed by atoms with E-state index in [1.165, 1.54) is 6.33 Å². The third-order valence-electron chi connectivity index (χ3n) is 2.24. The van der Waals surface area contributed by atoms with E-state index in [-0.39, 0.29) is 5.91 Å². The Labute approximate surface area is 76.6 Å². The second kappa shape index (κ2) is 3.12. The van der Waals surface area contributed by atoms with Gasteiger partial charge in [-0.05, 0) is 0 Å². The minimum absolute atomic E-state index is 0.179. The van der Waals surface area contributed by atoms with E-state index in [9.17, 15) is 4.79 Å². The van der Waals surface area contributed by atoms with Crippen molar-refractivity contribution in [1.29, 1.82) is 0 Å². The van der Waals surface area contributed by atoms with Gasteiger partial charge in [-0.1, -0.05) is 6.92 Å². The minimum atomic E-state index is 0.179. The lowest BCUT2D eigenvalue weighted by Gasteiger charge is -2.12. The molecule has 0 unspecified atom stereocenters. The van der Waals surface area contributed by atoms with Gasteiger partial charge in [-0.2, -0.15) is 0 Å². The van der Waals surface area contributed by atoms with Crippen LogP contribution in [0.3, 0.4) is 0 Å². The van der Waals surface area contributed by atoms with Gasteiger partial charge < -0.3 is 4.90 Å². The molecule has 1 aromatic heterocycles. The van der Waals surface area contributed by atoms with E-state index in [1.807, 2.05) is 6.92 Å². The molecule has 0 N–H and O–H groups in total. The van der Waals surface area contributed by atoms with E-state index in [0.29, 0.717) is 19.5 Å². The molecular formula is C9H11N3O. The van der Waals surface area contributed by atoms with Crippen LogP contribution in [0.15, 0.2) is 12.5 Å². The molecule has 0 atom stereocenters. The summed E-state index contributed by atoms with van der Waals surface area (Å²) in [4.78, 5) is 21.2. The lowest BCUT2D eigenvalue weighted by molar-refractivity contribution is -0.131. The predicted octanol–water partition coefficient (Wildman–Crippen LogP) is 0.729. The molecule has 0 saturated carbocycles. The average Bonchev–Trinajstić information content (AvgIpc) is 2.59. The van der Waals surface area contributed by atoms with E-state index >= 15 is 0 Å². The zero-order valence-corrected chi connectivity index (χ0v) is 7.53. The molecule has 68 valence electrons. The quantitative estimate of drug-likeness (QED) is 0.635. The Morgan fingerprint density at radius 3 is 3.15 bits per heavy atom. The molecule has 0 saturated heterocycles. The van der Waals surface area contributed by atoms with Crippen molar-refractivity contribution in [2.24, 2.45) is 0 Å². The first-order valence-electron chi connectivity index (χ1n) is 4.36. The van der Waals surface area contributed by atoms with Crippen LogP contribution >= 0.6 is 0 Å². The average molecular weight is 177 g/mol. The number of nitrogens with zero attached hydrogens (tertiary/aromatic N) is 3. The molecule has 0 aromatic carbocycles. The zero-order chi connectivity index (χ0) is 9.26. The van der Waals surface area contributed by atoms with Gasteiger partial charge in [0.25, 0.3) is 0 Å². The largest absolute Gasteiger partial charge is 0.332 e. The molecule has 0 fully saturated rings. The standard InChI is InChI=1S/C9H11N3O/c1-2-9(13)12-4-7-3-10-6-11-8(7)5-12/h3,6H,2,4-5H2,1H3. The van der Waals surface area contributed by atoms with Crippen LogP contribution in [-0.2, 0) is 17.9 Å². The maximum atomic E-state index is 11.4. The summed E-state index contributed by atoms with van der Waals surface area (Å²) in [6, 6.07) is 0. The number of carbonyl (C=O) groups excluding carboxylic acids is 1. The first-order chi connectivity index (χ1) is 6.31. The summed E-state index contributed by atoms with van der Waals surface area (Å²) in [6.07, 6.45) is 3.87. The van der Waals surface area contributed by atoms with E-state index in [0.717, 1.165) is 11.3 Å². The van der Waals surface area contributed by atoms with Crippen LogP contribution < -0.4 is 0 Å². The van der Waals surface area contributed by atoms with Crippen LogP contribution in [0.5, 0.6) is 0 Å². The number of rotatable bonds is 1. The third kappa shape index (κ3) is 1.39. The number of hydrogen-bond acceptors (Lipinski definition) is 3. The Hall–Kier alpha value is -1.45. The van der Waals surface area contributed by atoms with Crippen LogP contribution in [0.4, 0.5) is 0 Å². The van der Waals surface area contributed by atoms with Gasteiger partial charge in [-0.3, -0.25) is 4.79 Å². The summed E-state index contributed by atoms with van der Waals surface area (Å²) in [6.45, 7) is 3.18. The summed E-state index contributed by atoms with van der Waals surface area (Å²) >= 11 is 0. The van der Waals surface area contributed by atoms with Gasteiger partial charge in [0.2, 0.25) is 5.91 Å². The minimum Gasteiger partial charge on any atom is -0.332 e. The van der Waals surface area contributed by atoms with Crippen molar-refractivity contribution in [3.63, 3.8) is 0 Å². The van der Waals surface area contributed by atoms with E-state index in [4.69, 9.17) is 0 Å². The number of hydrogen-bond donors (Lipinski definition) is 0. The van der Waals surface area contributed by atoms with E-state index < -0.39 is 0 Å². The maximum Gasteiger partial charge on any atom is 0.222 e. The van der Waals surface area contributed by atoms with Crippen molar-refractivity contribution >= 4 is 5.91 Å². The second-order valence-corrected chi connectivity index (χ2v) is 3.10. The van der Waals surface area contributed by atoms with Gasteiger partial charge in [0.05, 0.1) is 12.2 Å².